The van der Waals surface area contributed by atoms with E-state index in [1.165, 1.54) is 6.08 Å². The Labute approximate surface area is 136 Å². The SMILES string of the molecule is Cc1ccc(C)c(NC(=O)CNC(=O)/C=C/c2ccccc2)c1. The first-order valence-electron chi connectivity index (χ1n) is 7.42. The Balaban J connectivity index is 1.83. The molecule has 2 rings (SSSR count). The van der Waals surface area contributed by atoms with Gasteiger partial charge >= 0.3 is 0 Å². The molecule has 2 N–H and O–H groups in total. The van der Waals surface area contributed by atoms with Crippen LogP contribution in [0.1, 0.15) is 16.7 Å². The molecule has 0 atom stereocenters. The summed E-state index contributed by atoms with van der Waals surface area (Å²) in [5.41, 5.74) is 3.76. The van der Waals surface area contributed by atoms with E-state index in [0.29, 0.717) is 0 Å². The van der Waals surface area contributed by atoms with E-state index in [4.69, 9.17) is 0 Å². The summed E-state index contributed by atoms with van der Waals surface area (Å²) in [6, 6.07) is 15.4. The van der Waals surface area contributed by atoms with Gasteiger partial charge < -0.3 is 10.6 Å². The van der Waals surface area contributed by atoms with Gasteiger partial charge in [0.25, 0.3) is 0 Å². The summed E-state index contributed by atoms with van der Waals surface area (Å²) < 4.78 is 0. The van der Waals surface area contributed by atoms with Gasteiger partial charge in [-0.1, -0.05) is 42.5 Å². The van der Waals surface area contributed by atoms with E-state index in [2.05, 4.69) is 10.6 Å². The van der Waals surface area contributed by atoms with Crippen molar-refractivity contribution in [1.82, 2.24) is 5.32 Å². The number of rotatable bonds is 5. The van der Waals surface area contributed by atoms with E-state index in [9.17, 15) is 9.59 Å². The number of carbonyl (C=O) groups is 2. The summed E-state index contributed by atoms with van der Waals surface area (Å²) >= 11 is 0. The fraction of sp³-hybridized carbons (Fsp3) is 0.158. The van der Waals surface area contributed by atoms with Crippen molar-refractivity contribution >= 4 is 23.6 Å². The highest BCUT2D eigenvalue weighted by Crippen LogP contribution is 2.15. The number of amides is 2. The molecule has 2 amide bonds. The van der Waals surface area contributed by atoms with Crippen LogP contribution in [-0.4, -0.2) is 18.4 Å². The van der Waals surface area contributed by atoms with Crippen molar-refractivity contribution in [2.45, 2.75) is 13.8 Å². The molecule has 2 aromatic carbocycles. The lowest BCUT2D eigenvalue weighted by Gasteiger charge is -2.09. The van der Waals surface area contributed by atoms with Crippen molar-refractivity contribution < 1.29 is 9.59 Å². The van der Waals surface area contributed by atoms with Crippen LogP contribution < -0.4 is 10.6 Å². The second kappa shape index (κ2) is 7.94. The fourth-order valence-electron chi connectivity index (χ4n) is 2.03. The molecule has 118 valence electrons. The number of hydrogen-bond donors (Lipinski definition) is 2. The van der Waals surface area contributed by atoms with Crippen molar-refractivity contribution in [3.8, 4) is 0 Å². The zero-order valence-electron chi connectivity index (χ0n) is 13.3. The van der Waals surface area contributed by atoms with Gasteiger partial charge in [0.2, 0.25) is 11.8 Å². The molecule has 0 aliphatic heterocycles. The predicted octanol–water partition coefficient (Wildman–Crippen LogP) is 3.07. The zero-order valence-corrected chi connectivity index (χ0v) is 13.3. The number of hydrogen-bond acceptors (Lipinski definition) is 2. The molecular weight excluding hydrogens is 288 g/mol. The second-order valence-electron chi connectivity index (χ2n) is 5.33. The average molecular weight is 308 g/mol. The minimum absolute atomic E-state index is 0.0641. The molecule has 0 saturated carbocycles. The molecule has 0 unspecified atom stereocenters. The minimum atomic E-state index is -0.301. The van der Waals surface area contributed by atoms with Crippen LogP contribution in [0.3, 0.4) is 0 Å². The van der Waals surface area contributed by atoms with E-state index < -0.39 is 0 Å². The summed E-state index contributed by atoms with van der Waals surface area (Å²) in [5, 5.41) is 5.37. The molecule has 0 aliphatic carbocycles. The van der Waals surface area contributed by atoms with Crippen LogP contribution in [-0.2, 0) is 9.59 Å². The maximum atomic E-state index is 11.9. The molecule has 0 aromatic heterocycles. The summed E-state index contributed by atoms with van der Waals surface area (Å²) in [6.07, 6.45) is 3.12. The smallest absolute Gasteiger partial charge is 0.244 e. The number of anilines is 1. The Morgan fingerprint density at radius 3 is 2.52 bits per heavy atom. The van der Waals surface area contributed by atoms with Crippen molar-refractivity contribution in [1.29, 1.82) is 0 Å². The van der Waals surface area contributed by atoms with Gasteiger partial charge in [0.05, 0.1) is 6.54 Å². The standard InChI is InChI=1S/C19H20N2O2/c1-14-8-9-15(2)17(12-14)21-19(23)13-20-18(22)11-10-16-6-4-3-5-7-16/h3-12H,13H2,1-2H3,(H,20,22)(H,21,23)/b11-10+. The molecule has 0 radical (unpaired) electrons. The van der Waals surface area contributed by atoms with Gasteiger partial charge in [-0.2, -0.15) is 0 Å². The van der Waals surface area contributed by atoms with Gasteiger partial charge in [0, 0.05) is 11.8 Å². The second-order valence-corrected chi connectivity index (χ2v) is 5.33. The highest BCUT2D eigenvalue weighted by molar-refractivity contribution is 5.98. The van der Waals surface area contributed by atoms with Crippen LogP contribution in [0.15, 0.2) is 54.6 Å². The van der Waals surface area contributed by atoms with Gasteiger partial charge in [0.1, 0.15) is 0 Å². The molecular formula is C19H20N2O2. The lowest BCUT2D eigenvalue weighted by atomic mass is 10.1. The third kappa shape index (κ3) is 5.43. The number of carbonyl (C=O) groups excluding carboxylic acids is 2. The molecule has 4 heteroatoms. The summed E-state index contributed by atoms with van der Waals surface area (Å²) in [4.78, 5) is 23.6. The summed E-state index contributed by atoms with van der Waals surface area (Å²) in [7, 11) is 0. The highest BCUT2D eigenvalue weighted by atomic mass is 16.2. The first-order valence-corrected chi connectivity index (χ1v) is 7.42. The quantitative estimate of drug-likeness (QED) is 0.834. The molecule has 0 fully saturated rings. The maximum Gasteiger partial charge on any atom is 0.244 e. The van der Waals surface area contributed by atoms with Crippen LogP contribution in [0.2, 0.25) is 0 Å². The third-order valence-corrected chi connectivity index (χ3v) is 3.32. The van der Waals surface area contributed by atoms with E-state index in [-0.39, 0.29) is 18.4 Å². The monoisotopic (exact) mass is 308 g/mol. The van der Waals surface area contributed by atoms with Gasteiger partial charge in [-0.3, -0.25) is 9.59 Å². The van der Waals surface area contributed by atoms with E-state index in [1.54, 1.807) is 6.08 Å². The number of benzene rings is 2. The van der Waals surface area contributed by atoms with E-state index >= 15 is 0 Å². The normalized spacial score (nSPS) is 10.5. The van der Waals surface area contributed by atoms with Crippen molar-refractivity contribution in [2.75, 3.05) is 11.9 Å². The van der Waals surface area contributed by atoms with Crippen molar-refractivity contribution in [3.05, 3.63) is 71.3 Å². The van der Waals surface area contributed by atoms with Crippen LogP contribution in [0.5, 0.6) is 0 Å². The summed E-state index contributed by atoms with van der Waals surface area (Å²) in [6.45, 7) is 3.83. The first-order chi connectivity index (χ1) is 11.0. The Morgan fingerprint density at radius 2 is 1.78 bits per heavy atom. The van der Waals surface area contributed by atoms with Crippen molar-refractivity contribution in [3.63, 3.8) is 0 Å². The maximum absolute atomic E-state index is 11.9. The number of aryl methyl sites for hydroxylation is 2. The van der Waals surface area contributed by atoms with Crippen LogP contribution in [0.4, 0.5) is 5.69 Å². The van der Waals surface area contributed by atoms with Crippen LogP contribution in [0.25, 0.3) is 6.08 Å². The van der Waals surface area contributed by atoms with E-state index in [0.717, 1.165) is 22.4 Å². The summed E-state index contributed by atoms with van der Waals surface area (Å²) in [5.74, 6) is -0.551. The Kier molecular flexibility index (Phi) is 5.69. The lowest BCUT2D eigenvalue weighted by molar-refractivity contribution is -0.121. The predicted molar refractivity (Wildman–Crippen MR) is 93.0 cm³/mol. The Hall–Kier alpha value is -2.88. The molecule has 4 nitrogen and oxygen atoms in total. The van der Waals surface area contributed by atoms with Gasteiger partial charge in [0.15, 0.2) is 0 Å². The highest BCUT2D eigenvalue weighted by Gasteiger charge is 2.06. The van der Waals surface area contributed by atoms with Gasteiger partial charge in [-0.05, 0) is 42.7 Å². The van der Waals surface area contributed by atoms with Crippen molar-refractivity contribution in [2.24, 2.45) is 0 Å². The topological polar surface area (TPSA) is 58.2 Å². The lowest BCUT2D eigenvalue weighted by Crippen LogP contribution is -2.31. The van der Waals surface area contributed by atoms with Gasteiger partial charge in [-0.15, -0.1) is 0 Å². The largest absolute Gasteiger partial charge is 0.343 e. The molecule has 0 heterocycles. The molecule has 0 aliphatic rings. The van der Waals surface area contributed by atoms with Crippen LogP contribution in [0, 0.1) is 13.8 Å². The average Bonchev–Trinajstić information content (AvgIpc) is 2.55. The Bertz CT molecular complexity index is 721. The number of nitrogens with one attached hydrogen (secondary N) is 2. The van der Waals surface area contributed by atoms with Crippen LogP contribution >= 0.6 is 0 Å². The zero-order chi connectivity index (χ0) is 16.7. The fourth-order valence-corrected chi connectivity index (χ4v) is 2.03. The third-order valence-electron chi connectivity index (χ3n) is 3.32. The Morgan fingerprint density at radius 1 is 1.04 bits per heavy atom. The van der Waals surface area contributed by atoms with E-state index in [1.807, 2.05) is 62.4 Å². The van der Waals surface area contributed by atoms with Gasteiger partial charge in [-0.25, -0.2) is 0 Å². The minimum Gasteiger partial charge on any atom is -0.343 e. The molecule has 23 heavy (non-hydrogen) atoms. The molecule has 0 saturated heterocycles. The first kappa shape index (κ1) is 16.5. The molecule has 0 bridgehead atoms. The molecule has 0 spiro atoms. The molecule has 2 aromatic rings.